The zero-order chi connectivity index (χ0) is 15.4. The van der Waals surface area contributed by atoms with Crippen molar-refractivity contribution in [3.8, 4) is 0 Å². The summed E-state index contributed by atoms with van der Waals surface area (Å²) in [6.07, 6.45) is 9.10. The highest BCUT2D eigenvalue weighted by molar-refractivity contribution is 5.91. The number of anilines is 1. The first kappa shape index (κ1) is 20.4. The summed E-state index contributed by atoms with van der Waals surface area (Å²) in [7, 11) is 0. The van der Waals surface area contributed by atoms with Crippen molar-refractivity contribution in [1.29, 1.82) is 0 Å². The molecule has 2 aromatic rings. The molecule has 1 saturated carbocycles. The summed E-state index contributed by atoms with van der Waals surface area (Å²) in [6.45, 7) is 0.659. The third-order valence-corrected chi connectivity index (χ3v) is 4.07. The van der Waals surface area contributed by atoms with Crippen molar-refractivity contribution >= 4 is 36.5 Å². The molecule has 2 unspecified atom stereocenters. The molecule has 1 aliphatic carbocycles. The number of amides is 1. The van der Waals surface area contributed by atoms with E-state index in [0.29, 0.717) is 12.4 Å². The molecule has 0 aromatic carbocycles. The molecule has 8 heteroatoms. The van der Waals surface area contributed by atoms with Gasteiger partial charge in [-0.25, -0.2) is 0 Å². The van der Waals surface area contributed by atoms with Crippen molar-refractivity contribution in [2.45, 2.75) is 38.3 Å². The van der Waals surface area contributed by atoms with Gasteiger partial charge in [0.1, 0.15) is 0 Å². The Bertz CT molecular complexity index is 634. The van der Waals surface area contributed by atoms with Gasteiger partial charge in [0.15, 0.2) is 5.82 Å². The van der Waals surface area contributed by atoms with E-state index in [1.165, 1.54) is 0 Å². The van der Waals surface area contributed by atoms with Gasteiger partial charge in [-0.2, -0.15) is 5.10 Å². The lowest BCUT2D eigenvalue weighted by Crippen LogP contribution is -2.34. The lowest BCUT2D eigenvalue weighted by atomic mass is 9.85. The minimum atomic E-state index is 0. The molecular formula is C16H23Cl2N5O. The standard InChI is InChI=1S/C16H21N5O.2ClH/c17-14-3-1-2-13(10-14)16(22)19-15-6-9-21(20-15)11-12-4-7-18-8-5-12;;/h4-9,13-14H,1-3,10-11,17H2,(H,19,20,22);2*1H. The molecule has 2 aromatic heterocycles. The number of nitrogens with one attached hydrogen (secondary N) is 1. The van der Waals surface area contributed by atoms with Crippen LogP contribution in [0.4, 0.5) is 5.82 Å². The lowest BCUT2D eigenvalue weighted by Gasteiger charge is -2.25. The SMILES string of the molecule is Cl.Cl.NC1CCCC(C(=O)Nc2ccn(Cc3ccncc3)n2)C1. The summed E-state index contributed by atoms with van der Waals surface area (Å²) in [5.41, 5.74) is 7.06. The molecule has 1 fully saturated rings. The molecule has 0 spiro atoms. The lowest BCUT2D eigenvalue weighted by molar-refractivity contribution is -0.120. The van der Waals surface area contributed by atoms with Crippen molar-refractivity contribution in [2.75, 3.05) is 5.32 Å². The summed E-state index contributed by atoms with van der Waals surface area (Å²) < 4.78 is 1.80. The van der Waals surface area contributed by atoms with Crippen LogP contribution >= 0.6 is 24.8 Å². The Balaban J connectivity index is 0.00000144. The predicted molar refractivity (Wildman–Crippen MR) is 98.6 cm³/mol. The van der Waals surface area contributed by atoms with Gasteiger partial charge >= 0.3 is 0 Å². The fourth-order valence-electron chi connectivity index (χ4n) is 2.89. The van der Waals surface area contributed by atoms with Gasteiger partial charge in [-0.3, -0.25) is 14.5 Å². The van der Waals surface area contributed by atoms with E-state index >= 15 is 0 Å². The van der Waals surface area contributed by atoms with Crippen LogP contribution in [0, 0.1) is 5.92 Å². The van der Waals surface area contributed by atoms with Crippen LogP contribution < -0.4 is 11.1 Å². The van der Waals surface area contributed by atoms with Crippen molar-refractivity contribution < 1.29 is 4.79 Å². The molecule has 0 radical (unpaired) electrons. The molecule has 2 atom stereocenters. The fraction of sp³-hybridized carbons (Fsp3) is 0.438. The van der Waals surface area contributed by atoms with Crippen LogP contribution in [-0.2, 0) is 11.3 Å². The van der Waals surface area contributed by atoms with Crippen LogP contribution in [-0.4, -0.2) is 26.7 Å². The van der Waals surface area contributed by atoms with Gasteiger partial charge in [0, 0.05) is 36.6 Å². The summed E-state index contributed by atoms with van der Waals surface area (Å²) in [6, 6.07) is 5.86. The molecule has 0 aliphatic heterocycles. The number of halogens is 2. The van der Waals surface area contributed by atoms with Crippen LogP contribution in [0.3, 0.4) is 0 Å². The van der Waals surface area contributed by atoms with E-state index in [-0.39, 0.29) is 42.7 Å². The second-order valence-corrected chi connectivity index (χ2v) is 5.87. The van der Waals surface area contributed by atoms with Gasteiger partial charge in [0.2, 0.25) is 5.91 Å². The number of carbonyl (C=O) groups is 1. The Morgan fingerprint density at radius 3 is 2.71 bits per heavy atom. The number of nitrogens with two attached hydrogens (primary N) is 1. The van der Waals surface area contributed by atoms with Gasteiger partial charge in [0.25, 0.3) is 0 Å². The zero-order valence-electron chi connectivity index (χ0n) is 13.3. The van der Waals surface area contributed by atoms with Gasteiger partial charge in [-0.05, 0) is 37.0 Å². The van der Waals surface area contributed by atoms with E-state index in [1.807, 2.05) is 24.4 Å². The Morgan fingerprint density at radius 2 is 2.00 bits per heavy atom. The summed E-state index contributed by atoms with van der Waals surface area (Å²) in [5.74, 6) is 0.636. The number of hydrogen-bond acceptors (Lipinski definition) is 4. The van der Waals surface area contributed by atoms with Gasteiger partial charge < -0.3 is 11.1 Å². The van der Waals surface area contributed by atoms with Crippen LogP contribution in [0.25, 0.3) is 0 Å². The minimum absolute atomic E-state index is 0. The molecular weight excluding hydrogens is 349 g/mol. The van der Waals surface area contributed by atoms with Crippen molar-refractivity contribution in [2.24, 2.45) is 11.7 Å². The monoisotopic (exact) mass is 371 g/mol. The number of nitrogens with zero attached hydrogens (tertiary/aromatic N) is 3. The summed E-state index contributed by atoms with van der Waals surface area (Å²) >= 11 is 0. The molecule has 3 rings (SSSR count). The van der Waals surface area contributed by atoms with Gasteiger partial charge in [0.05, 0.1) is 6.54 Å². The molecule has 0 bridgehead atoms. The van der Waals surface area contributed by atoms with E-state index in [0.717, 1.165) is 31.2 Å². The third-order valence-electron chi connectivity index (χ3n) is 4.07. The fourth-order valence-corrected chi connectivity index (χ4v) is 2.89. The smallest absolute Gasteiger partial charge is 0.228 e. The first-order chi connectivity index (χ1) is 10.7. The third kappa shape index (κ3) is 5.47. The van der Waals surface area contributed by atoms with Crippen LogP contribution in [0.5, 0.6) is 0 Å². The van der Waals surface area contributed by atoms with E-state index in [2.05, 4.69) is 15.4 Å². The first-order valence-electron chi connectivity index (χ1n) is 7.69. The van der Waals surface area contributed by atoms with Crippen molar-refractivity contribution in [3.05, 3.63) is 42.4 Å². The van der Waals surface area contributed by atoms with E-state index in [1.54, 1.807) is 17.1 Å². The van der Waals surface area contributed by atoms with Gasteiger partial charge in [-0.1, -0.05) is 6.42 Å². The Morgan fingerprint density at radius 1 is 1.25 bits per heavy atom. The first-order valence-corrected chi connectivity index (χ1v) is 7.69. The highest BCUT2D eigenvalue weighted by atomic mass is 35.5. The summed E-state index contributed by atoms with van der Waals surface area (Å²) in [4.78, 5) is 16.2. The average molecular weight is 372 g/mol. The van der Waals surface area contributed by atoms with Crippen LogP contribution in [0.15, 0.2) is 36.8 Å². The topological polar surface area (TPSA) is 85.8 Å². The Kier molecular flexibility index (Phi) is 8.18. The largest absolute Gasteiger partial charge is 0.328 e. The molecule has 3 N–H and O–H groups in total. The second kappa shape index (κ2) is 9.61. The molecule has 132 valence electrons. The van der Waals surface area contributed by atoms with E-state index in [9.17, 15) is 4.79 Å². The summed E-state index contributed by atoms with van der Waals surface area (Å²) in [5, 5.41) is 7.29. The number of carbonyl (C=O) groups excluding carboxylic acids is 1. The maximum Gasteiger partial charge on any atom is 0.228 e. The van der Waals surface area contributed by atoms with E-state index < -0.39 is 0 Å². The quantitative estimate of drug-likeness (QED) is 0.864. The van der Waals surface area contributed by atoms with Crippen molar-refractivity contribution in [3.63, 3.8) is 0 Å². The minimum Gasteiger partial charge on any atom is -0.328 e. The number of hydrogen-bond donors (Lipinski definition) is 2. The zero-order valence-corrected chi connectivity index (χ0v) is 14.9. The Hall–Kier alpha value is -1.63. The number of aromatic nitrogens is 3. The number of rotatable bonds is 4. The normalized spacial score (nSPS) is 19.7. The average Bonchev–Trinajstić information content (AvgIpc) is 2.95. The molecule has 6 nitrogen and oxygen atoms in total. The number of pyridine rings is 1. The molecule has 2 heterocycles. The molecule has 24 heavy (non-hydrogen) atoms. The maximum atomic E-state index is 12.3. The maximum absolute atomic E-state index is 12.3. The van der Waals surface area contributed by atoms with Crippen LogP contribution in [0.1, 0.15) is 31.2 Å². The molecule has 1 aliphatic rings. The molecule has 1 amide bonds. The van der Waals surface area contributed by atoms with Gasteiger partial charge in [-0.15, -0.1) is 24.8 Å². The highest BCUT2D eigenvalue weighted by Gasteiger charge is 2.25. The molecule has 0 saturated heterocycles. The van der Waals surface area contributed by atoms with Crippen molar-refractivity contribution in [1.82, 2.24) is 14.8 Å². The highest BCUT2D eigenvalue weighted by Crippen LogP contribution is 2.24. The predicted octanol–water partition coefficient (Wildman–Crippen LogP) is 2.63. The second-order valence-electron chi connectivity index (χ2n) is 5.87. The Labute approximate surface area is 154 Å². The van der Waals surface area contributed by atoms with Crippen LogP contribution in [0.2, 0.25) is 0 Å². The van der Waals surface area contributed by atoms with E-state index in [4.69, 9.17) is 5.73 Å².